The Bertz CT molecular complexity index is 286. The van der Waals surface area contributed by atoms with Gasteiger partial charge in [-0.3, -0.25) is 9.59 Å². The molecule has 0 aliphatic carbocycles. The lowest BCUT2D eigenvalue weighted by Crippen LogP contribution is -2.42. The zero-order valence-corrected chi connectivity index (χ0v) is 14.7. The van der Waals surface area contributed by atoms with E-state index in [0.717, 1.165) is 37.4 Å². The molecule has 0 N–H and O–H groups in total. The van der Waals surface area contributed by atoms with E-state index in [-0.39, 0.29) is 10.9 Å². The standard InChI is InChI=1S/C13H26O5SSi/c1-5-6-7-9-12(14)13(15)19-10-8-11-20(16-2,17-3)18-4/h5-11H2,1-4H3. The third-order valence-corrected chi connectivity index (χ3v) is 6.84. The van der Waals surface area contributed by atoms with Gasteiger partial charge in [-0.1, -0.05) is 31.5 Å². The van der Waals surface area contributed by atoms with Crippen LogP contribution in [0.3, 0.4) is 0 Å². The van der Waals surface area contributed by atoms with Gasteiger partial charge in [0.25, 0.3) is 5.12 Å². The minimum atomic E-state index is -2.55. The van der Waals surface area contributed by atoms with Crippen molar-refractivity contribution in [2.75, 3.05) is 27.1 Å². The van der Waals surface area contributed by atoms with Crippen LogP contribution in [-0.2, 0) is 22.9 Å². The lowest BCUT2D eigenvalue weighted by Gasteiger charge is -2.23. The number of unbranched alkanes of at least 4 members (excludes halogenated alkanes) is 2. The Morgan fingerprint density at radius 3 is 2.10 bits per heavy atom. The number of thioether (sulfide) groups is 1. The second-order valence-corrected chi connectivity index (χ2v) is 8.57. The molecule has 0 aliphatic rings. The van der Waals surface area contributed by atoms with Gasteiger partial charge in [0.2, 0.25) is 5.78 Å². The fourth-order valence-corrected chi connectivity index (χ4v) is 4.44. The summed E-state index contributed by atoms with van der Waals surface area (Å²) in [4.78, 5) is 23.1. The molecule has 0 aromatic carbocycles. The molecule has 0 aromatic rings. The average Bonchev–Trinajstić information content (AvgIpc) is 2.48. The van der Waals surface area contributed by atoms with Gasteiger partial charge in [0.05, 0.1) is 0 Å². The SMILES string of the molecule is CCCCCC(=O)C(=O)SCCC[Si](OC)(OC)OC. The summed E-state index contributed by atoms with van der Waals surface area (Å²) < 4.78 is 15.9. The van der Waals surface area contributed by atoms with Crippen LogP contribution in [0.1, 0.15) is 39.0 Å². The van der Waals surface area contributed by atoms with E-state index < -0.39 is 8.80 Å². The molecular formula is C13H26O5SSi. The van der Waals surface area contributed by atoms with E-state index in [4.69, 9.17) is 13.3 Å². The van der Waals surface area contributed by atoms with Crippen molar-refractivity contribution < 1.29 is 22.9 Å². The zero-order chi connectivity index (χ0) is 15.4. The molecule has 0 saturated carbocycles. The lowest BCUT2D eigenvalue weighted by molar-refractivity contribution is -0.131. The Kier molecular flexibility index (Phi) is 11.3. The normalized spacial score (nSPS) is 11.6. The Hall–Kier alpha value is -0.213. The fourth-order valence-electron chi connectivity index (χ4n) is 1.73. The summed E-state index contributed by atoms with van der Waals surface area (Å²) in [6.07, 6.45) is 3.93. The second kappa shape index (κ2) is 11.4. The summed E-state index contributed by atoms with van der Waals surface area (Å²) in [5.41, 5.74) is 0. The fraction of sp³-hybridized carbons (Fsp3) is 0.846. The number of carbonyl (C=O) groups excluding carboxylic acids is 2. The van der Waals surface area contributed by atoms with Crippen molar-refractivity contribution in [2.45, 2.75) is 45.1 Å². The molecule has 0 aliphatic heterocycles. The third kappa shape index (κ3) is 7.54. The van der Waals surface area contributed by atoms with Crippen LogP contribution in [0.25, 0.3) is 0 Å². The van der Waals surface area contributed by atoms with Gasteiger partial charge in [0, 0.05) is 39.5 Å². The highest BCUT2D eigenvalue weighted by Crippen LogP contribution is 2.18. The van der Waals surface area contributed by atoms with Crippen LogP contribution in [0, 0.1) is 0 Å². The molecule has 0 unspecified atom stereocenters. The van der Waals surface area contributed by atoms with E-state index in [9.17, 15) is 9.59 Å². The summed E-state index contributed by atoms with van der Waals surface area (Å²) in [6.45, 7) is 2.07. The van der Waals surface area contributed by atoms with E-state index >= 15 is 0 Å². The Morgan fingerprint density at radius 1 is 1.00 bits per heavy atom. The molecule has 0 rings (SSSR count). The number of ketones is 1. The Morgan fingerprint density at radius 2 is 1.60 bits per heavy atom. The third-order valence-electron chi connectivity index (χ3n) is 3.03. The molecule has 5 nitrogen and oxygen atoms in total. The van der Waals surface area contributed by atoms with E-state index in [2.05, 4.69) is 6.92 Å². The van der Waals surface area contributed by atoms with Crippen molar-refractivity contribution >= 4 is 31.5 Å². The van der Waals surface area contributed by atoms with Gasteiger partial charge in [0.1, 0.15) is 0 Å². The Balaban J connectivity index is 3.88. The molecule has 7 heteroatoms. The summed E-state index contributed by atoms with van der Waals surface area (Å²) in [5, 5.41) is -0.333. The summed E-state index contributed by atoms with van der Waals surface area (Å²) in [6, 6.07) is 0.640. The van der Waals surface area contributed by atoms with Gasteiger partial charge in [-0.25, -0.2) is 0 Å². The molecular weight excluding hydrogens is 296 g/mol. The molecule has 0 atom stereocenters. The topological polar surface area (TPSA) is 61.8 Å². The smallest absolute Gasteiger partial charge is 0.377 e. The summed E-state index contributed by atoms with van der Waals surface area (Å²) >= 11 is 1.08. The number of carbonyl (C=O) groups is 2. The lowest BCUT2D eigenvalue weighted by atomic mass is 10.1. The molecule has 0 radical (unpaired) electrons. The van der Waals surface area contributed by atoms with Crippen molar-refractivity contribution in [3.8, 4) is 0 Å². The highest BCUT2D eigenvalue weighted by molar-refractivity contribution is 8.15. The van der Waals surface area contributed by atoms with Crippen LogP contribution >= 0.6 is 11.8 Å². The van der Waals surface area contributed by atoms with Gasteiger partial charge >= 0.3 is 8.80 Å². The van der Waals surface area contributed by atoms with Crippen LogP contribution in [0.15, 0.2) is 0 Å². The molecule has 0 aromatic heterocycles. The van der Waals surface area contributed by atoms with Crippen LogP contribution in [-0.4, -0.2) is 46.8 Å². The van der Waals surface area contributed by atoms with Crippen molar-refractivity contribution in [3.05, 3.63) is 0 Å². The number of hydrogen-bond acceptors (Lipinski definition) is 6. The maximum absolute atomic E-state index is 11.6. The molecule has 0 bridgehead atoms. The highest BCUT2D eigenvalue weighted by atomic mass is 32.2. The van der Waals surface area contributed by atoms with Crippen LogP contribution in [0.4, 0.5) is 0 Å². The molecule has 0 amide bonds. The molecule has 0 heterocycles. The van der Waals surface area contributed by atoms with Gasteiger partial charge in [-0.15, -0.1) is 0 Å². The number of Topliss-reactive ketones (excluding diaryl/α,β-unsaturated/α-hetero) is 1. The minimum Gasteiger partial charge on any atom is -0.377 e. The van der Waals surface area contributed by atoms with E-state index in [1.54, 1.807) is 21.3 Å². The second-order valence-electron chi connectivity index (χ2n) is 4.42. The maximum Gasteiger partial charge on any atom is 0.500 e. The minimum absolute atomic E-state index is 0.266. The zero-order valence-electron chi connectivity index (χ0n) is 12.9. The predicted octanol–water partition coefficient (Wildman–Crippen LogP) is 2.66. The van der Waals surface area contributed by atoms with Crippen molar-refractivity contribution in [3.63, 3.8) is 0 Å². The molecule has 118 valence electrons. The van der Waals surface area contributed by atoms with E-state index in [1.165, 1.54) is 0 Å². The quantitative estimate of drug-likeness (QED) is 0.313. The largest absolute Gasteiger partial charge is 0.500 e. The first-order valence-corrected chi connectivity index (χ1v) is 9.82. The molecule has 0 saturated heterocycles. The number of hydrogen-bond donors (Lipinski definition) is 0. The summed E-state index contributed by atoms with van der Waals surface area (Å²) in [7, 11) is 2.14. The first kappa shape index (κ1) is 19.8. The number of rotatable bonds is 12. The average molecular weight is 322 g/mol. The first-order valence-electron chi connectivity index (χ1n) is 6.90. The molecule has 0 fully saturated rings. The van der Waals surface area contributed by atoms with Gasteiger partial charge < -0.3 is 13.3 Å². The van der Waals surface area contributed by atoms with Gasteiger partial charge in [-0.05, 0) is 12.8 Å². The molecule has 20 heavy (non-hydrogen) atoms. The monoisotopic (exact) mass is 322 g/mol. The van der Waals surface area contributed by atoms with E-state index in [0.29, 0.717) is 18.2 Å². The van der Waals surface area contributed by atoms with Gasteiger partial charge in [0.15, 0.2) is 0 Å². The summed E-state index contributed by atoms with van der Waals surface area (Å²) in [5.74, 6) is 0.320. The van der Waals surface area contributed by atoms with Crippen LogP contribution in [0.2, 0.25) is 6.04 Å². The maximum atomic E-state index is 11.6. The highest BCUT2D eigenvalue weighted by Gasteiger charge is 2.36. The van der Waals surface area contributed by atoms with E-state index in [1.807, 2.05) is 0 Å². The van der Waals surface area contributed by atoms with Crippen molar-refractivity contribution in [1.82, 2.24) is 0 Å². The van der Waals surface area contributed by atoms with Crippen molar-refractivity contribution in [1.29, 1.82) is 0 Å². The van der Waals surface area contributed by atoms with Crippen LogP contribution in [0.5, 0.6) is 0 Å². The Labute approximate surface area is 127 Å². The van der Waals surface area contributed by atoms with Gasteiger partial charge in [-0.2, -0.15) is 0 Å². The van der Waals surface area contributed by atoms with Crippen molar-refractivity contribution in [2.24, 2.45) is 0 Å². The predicted molar refractivity (Wildman–Crippen MR) is 82.8 cm³/mol. The molecule has 0 spiro atoms. The van der Waals surface area contributed by atoms with Crippen LogP contribution < -0.4 is 0 Å². The first-order chi connectivity index (χ1) is 9.55.